The van der Waals surface area contributed by atoms with Crippen molar-refractivity contribution in [2.75, 3.05) is 19.7 Å². The van der Waals surface area contributed by atoms with Gasteiger partial charge < -0.3 is 4.74 Å². The second-order valence-electron chi connectivity index (χ2n) is 3.77. The molecule has 1 aliphatic heterocycles. The molecule has 3 heteroatoms. The fourth-order valence-corrected chi connectivity index (χ4v) is 1.56. The first-order valence-electron chi connectivity index (χ1n) is 5.03. The van der Waals surface area contributed by atoms with Crippen LogP contribution in [0.2, 0.25) is 0 Å². The summed E-state index contributed by atoms with van der Waals surface area (Å²) >= 11 is 0. The van der Waals surface area contributed by atoms with Crippen LogP contribution in [-0.4, -0.2) is 42.5 Å². The van der Waals surface area contributed by atoms with Gasteiger partial charge in [0.15, 0.2) is 5.78 Å². The van der Waals surface area contributed by atoms with Gasteiger partial charge in [-0.3, -0.25) is 9.69 Å². The van der Waals surface area contributed by atoms with Crippen LogP contribution in [0.3, 0.4) is 0 Å². The number of ketones is 1. The minimum absolute atomic E-state index is 0.179. The summed E-state index contributed by atoms with van der Waals surface area (Å²) in [6.07, 6.45) is 0.400. The van der Waals surface area contributed by atoms with Gasteiger partial charge in [-0.05, 0) is 13.8 Å². The second kappa shape index (κ2) is 4.72. The maximum Gasteiger partial charge on any atom is 0.162 e. The SMILES string of the molecule is CCC(=O)C1CN(C(C)C)CCO1. The molecule has 0 saturated carbocycles. The summed E-state index contributed by atoms with van der Waals surface area (Å²) in [5.74, 6) is 0.227. The normalized spacial score (nSPS) is 25.1. The van der Waals surface area contributed by atoms with Crippen LogP contribution in [0.25, 0.3) is 0 Å². The van der Waals surface area contributed by atoms with Crippen LogP contribution in [0.5, 0.6) is 0 Å². The highest BCUT2D eigenvalue weighted by Crippen LogP contribution is 2.10. The summed E-state index contributed by atoms with van der Waals surface area (Å²) in [6, 6.07) is 0.510. The number of ether oxygens (including phenoxy) is 1. The Labute approximate surface area is 80.1 Å². The third kappa shape index (κ3) is 2.78. The molecule has 0 bridgehead atoms. The molecular formula is C10H19NO2. The van der Waals surface area contributed by atoms with Crippen molar-refractivity contribution in [1.82, 2.24) is 4.90 Å². The van der Waals surface area contributed by atoms with E-state index in [4.69, 9.17) is 4.74 Å². The largest absolute Gasteiger partial charge is 0.368 e. The molecule has 0 spiro atoms. The van der Waals surface area contributed by atoms with Crippen molar-refractivity contribution >= 4 is 5.78 Å². The fourth-order valence-electron chi connectivity index (χ4n) is 1.56. The van der Waals surface area contributed by atoms with E-state index in [1.807, 2.05) is 6.92 Å². The Balaban J connectivity index is 2.46. The molecule has 0 aliphatic carbocycles. The number of carbonyl (C=O) groups is 1. The van der Waals surface area contributed by atoms with Crippen molar-refractivity contribution in [2.45, 2.75) is 39.3 Å². The van der Waals surface area contributed by atoms with Crippen molar-refractivity contribution in [3.63, 3.8) is 0 Å². The maximum absolute atomic E-state index is 11.4. The van der Waals surface area contributed by atoms with Crippen LogP contribution < -0.4 is 0 Å². The zero-order valence-electron chi connectivity index (χ0n) is 8.75. The fraction of sp³-hybridized carbons (Fsp3) is 0.900. The van der Waals surface area contributed by atoms with Crippen molar-refractivity contribution in [3.8, 4) is 0 Å². The number of hydrogen-bond donors (Lipinski definition) is 0. The van der Waals surface area contributed by atoms with Gasteiger partial charge in [0, 0.05) is 25.6 Å². The van der Waals surface area contributed by atoms with Gasteiger partial charge in [0.05, 0.1) is 6.61 Å². The van der Waals surface area contributed by atoms with E-state index >= 15 is 0 Å². The van der Waals surface area contributed by atoms with Crippen molar-refractivity contribution in [3.05, 3.63) is 0 Å². The molecule has 0 N–H and O–H groups in total. The van der Waals surface area contributed by atoms with E-state index in [9.17, 15) is 4.79 Å². The second-order valence-corrected chi connectivity index (χ2v) is 3.77. The Morgan fingerprint density at radius 2 is 2.31 bits per heavy atom. The van der Waals surface area contributed by atoms with Crippen molar-refractivity contribution in [1.29, 1.82) is 0 Å². The van der Waals surface area contributed by atoms with Crippen LogP contribution >= 0.6 is 0 Å². The van der Waals surface area contributed by atoms with Crippen molar-refractivity contribution < 1.29 is 9.53 Å². The molecule has 1 saturated heterocycles. The molecule has 0 radical (unpaired) electrons. The van der Waals surface area contributed by atoms with Crippen LogP contribution in [0.4, 0.5) is 0 Å². The molecule has 13 heavy (non-hydrogen) atoms. The van der Waals surface area contributed by atoms with E-state index in [1.54, 1.807) is 0 Å². The lowest BCUT2D eigenvalue weighted by Gasteiger charge is -2.34. The zero-order chi connectivity index (χ0) is 9.84. The van der Waals surface area contributed by atoms with Crippen LogP contribution in [-0.2, 0) is 9.53 Å². The first-order chi connectivity index (χ1) is 6.15. The molecule has 1 unspecified atom stereocenters. The van der Waals surface area contributed by atoms with E-state index in [0.29, 0.717) is 19.1 Å². The van der Waals surface area contributed by atoms with Gasteiger partial charge in [-0.2, -0.15) is 0 Å². The summed E-state index contributed by atoms with van der Waals surface area (Å²) in [6.45, 7) is 8.60. The Hall–Kier alpha value is -0.410. The van der Waals surface area contributed by atoms with Crippen LogP contribution in [0.1, 0.15) is 27.2 Å². The number of carbonyl (C=O) groups excluding carboxylic acids is 1. The number of rotatable bonds is 3. The minimum atomic E-state index is -0.179. The molecule has 3 nitrogen and oxygen atoms in total. The van der Waals surface area contributed by atoms with E-state index in [1.165, 1.54) is 0 Å². The lowest BCUT2D eigenvalue weighted by molar-refractivity contribution is -0.136. The quantitative estimate of drug-likeness (QED) is 0.659. The molecular weight excluding hydrogens is 166 g/mol. The van der Waals surface area contributed by atoms with Gasteiger partial charge in [-0.1, -0.05) is 6.92 Å². The predicted molar refractivity (Wildman–Crippen MR) is 51.7 cm³/mol. The molecule has 0 aromatic carbocycles. The highest BCUT2D eigenvalue weighted by atomic mass is 16.5. The number of nitrogens with zero attached hydrogens (tertiary/aromatic N) is 1. The number of hydrogen-bond acceptors (Lipinski definition) is 3. The molecule has 1 atom stereocenters. The van der Waals surface area contributed by atoms with E-state index < -0.39 is 0 Å². The standard InChI is InChI=1S/C10H19NO2/c1-4-9(12)10-7-11(8(2)3)5-6-13-10/h8,10H,4-7H2,1-3H3. The Morgan fingerprint density at radius 3 is 2.85 bits per heavy atom. The lowest BCUT2D eigenvalue weighted by atomic mass is 10.1. The summed E-state index contributed by atoms with van der Waals surface area (Å²) in [5.41, 5.74) is 0. The van der Waals surface area contributed by atoms with Crippen LogP contribution in [0.15, 0.2) is 0 Å². The third-order valence-corrected chi connectivity index (χ3v) is 2.54. The maximum atomic E-state index is 11.4. The van der Waals surface area contributed by atoms with Gasteiger partial charge in [0.1, 0.15) is 6.10 Å². The smallest absolute Gasteiger partial charge is 0.162 e. The third-order valence-electron chi connectivity index (χ3n) is 2.54. The molecule has 1 fully saturated rings. The summed E-state index contributed by atoms with van der Waals surface area (Å²) in [4.78, 5) is 13.7. The Bertz CT molecular complexity index is 180. The topological polar surface area (TPSA) is 29.5 Å². The monoisotopic (exact) mass is 185 g/mol. The average molecular weight is 185 g/mol. The Kier molecular flexibility index (Phi) is 3.88. The lowest BCUT2D eigenvalue weighted by Crippen LogP contribution is -2.48. The minimum Gasteiger partial charge on any atom is -0.368 e. The van der Waals surface area contributed by atoms with E-state index in [-0.39, 0.29) is 11.9 Å². The van der Waals surface area contributed by atoms with E-state index in [2.05, 4.69) is 18.7 Å². The van der Waals surface area contributed by atoms with Gasteiger partial charge in [-0.15, -0.1) is 0 Å². The number of Topliss-reactive ketones (excluding diaryl/α,β-unsaturated/α-hetero) is 1. The van der Waals surface area contributed by atoms with Gasteiger partial charge in [0.25, 0.3) is 0 Å². The predicted octanol–water partition coefficient (Wildman–Crippen LogP) is 1.07. The van der Waals surface area contributed by atoms with Gasteiger partial charge in [-0.25, -0.2) is 0 Å². The summed E-state index contributed by atoms with van der Waals surface area (Å²) in [7, 11) is 0. The summed E-state index contributed by atoms with van der Waals surface area (Å²) in [5, 5.41) is 0. The molecule has 1 heterocycles. The van der Waals surface area contributed by atoms with Gasteiger partial charge in [0.2, 0.25) is 0 Å². The highest BCUT2D eigenvalue weighted by Gasteiger charge is 2.26. The highest BCUT2D eigenvalue weighted by molar-refractivity contribution is 5.83. The van der Waals surface area contributed by atoms with Crippen LogP contribution in [0, 0.1) is 0 Å². The van der Waals surface area contributed by atoms with Crippen molar-refractivity contribution in [2.24, 2.45) is 0 Å². The molecule has 0 amide bonds. The average Bonchev–Trinajstić information content (AvgIpc) is 2.17. The first-order valence-corrected chi connectivity index (χ1v) is 5.03. The molecule has 76 valence electrons. The molecule has 0 aromatic rings. The van der Waals surface area contributed by atoms with E-state index in [0.717, 1.165) is 13.1 Å². The first kappa shape index (κ1) is 10.7. The molecule has 1 rings (SSSR count). The number of morpholine rings is 1. The molecule has 0 aromatic heterocycles. The Morgan fingerprint density at radius 1 is 1.62 bits per heavy atom. The molecule has 1 aliphatic rings. The zero-order valence-corrected chi connectivity index (χ0v) is 8.75. The summed E-state index contributed by atoms with van der Waals surface area (Å²) < 4.78 is 5.42. The van der Waals surface area contributed by atoms with Gasteiger partial charge >= 0.3 is 0 Å².